The van der Waals surface area contributed by atoms with E-state index in [1.165, 1.54) is 27.8 Å². The van der Waals surface area contributed by atoms with E-state index in [2.05, 4.69) is 25.7 Å². The van der Waals surface area contributed by atoms with Gasteiger partial charge < -0.3 is 5.32 Å². The molecule has 8 nitrogen and oxygen atoms in total. The second-order valence-corrected chi connectivity index (χ2v) is 6.18. The lowest BCUT2D eigenvalue weighted by atomic mass is 10.1. The van der Waals surface area contributed by atoms with Gasteiger partial charge in [-0.25, -0.2) is 4.39 Å². The molecule has 0 aliphatic carbocycles. The summed E-state index contributed by atoms with van der Waals surface area (Å²) < 4.78 is 14.1. The number of aromatic amines is 1. The molecule has 0 unspecified atom stereocenters. The lowest BCUT2D eigenvalue weighted by molar-refractivity contribution is -0.122. The van der Waals surface area contributed by atoms with E-state index in [4.69, 9.17) is 0 Å². The largest absolute Gasteiger partial charge is 0.300 e. The van der Waals surface area contributed by atoms with Gasteiger partial charge in [-0.15, -0.1) is 10.2 Å². The Kier molecular flexibility index (Phi) is 3.45. The number of amides is 2. The fourth-order valence-electron chi connectivity index (χ4n) is 2.73. The zero-order valence-corrected chi connectivity index (χ0v) is 13.0. The van der Waals surface area contributed by atoms with E-state index in [0.717, 1.165) is 0 Å². The highest BCUT2D eigenvalue weighted by Gasteiger charge is 2.37. The molecule has 3 aromatic rings. The number of carbonyl (C=O) groups excluding carboxylic acids is 2. The Hall–Kier alpha value is -2.88. The first-order valence-corrected chi connectivity index (χ1v) is 8.01. The molecule has 1 atom stereocenters. The summed E-state index contributed by atoms with van der Waals surface area (Å²) in [6.45, 7) is 0.137. The van der Waals surface area contributed by atoms with Gasteiger partial charge in [0.2, 0.25) is 16.9 Å². The van der Waals surface area contributed by atoms with Crippen LogP contribution in [0.4, 0.5) is 15.3 Å². The van der Waals surface area contributed by atoms with Gasteiger partial charge in [-0.05, 0) is 12.1 Å². The molecule has 24 heavy (non-hydrogen) atoms. The molecule has 1 saturated heterocycles. The number of carbonyl (C=O) groups is 2. The number of halogens is 1. The zero-order valence-electron chi connectivity index (χ0n) is 12.2. The van der Waals surface area contributed by atoms with Crippen molar-refractivity contribution in [3.63, 3.8) is 0 Å². The van der Waals surface area contributed by atoms with Crippen LogP contribution in [0.3, 0.4) is 0 Å². The van der Waals surface area contributed by atoms with Gasteiger partial charge >= 0.3 is 0 Å². The molecule has 4 rings (SSSR count). The number of hydrogen-bond donors (Lipinski definition) is 2. The van der Waals surface area contributed by atoms with Crippen LogP contribution >= 0.6 is 11.3 Å². The number of hydrogen-bond acceptors (Lipinski definition) is 6. The van der Waals surface area contributed by atoms with Crippen LogP contribution in [-0.2, 0) is 9.59 Å². The maximum atomic E-state index is 14.1. The third-order valence-electron chi connectivity index (χ3n) is 3.86. The molecule has 1 aromatic carbocycles. The lowest BCUT2D eigenvalue weighted by Crippen LogP contribution is -2.28. The fraction of sp³-hybridized carbons (Fsp3) is 0.214. The summed E-state index contributed by atoms with van der Waals surface area (Å²) in [5, 5.41) is 17.4. The predicted octanol–water partition coefficient (Wildman–Crippen LogP) is 1.55. The second-order valence-electron chi connectivity index (χ2n) is 5.35. The highest BCUT2D eigenvalue weighted by molar-refractivity contribution is 7.13. The summed E-state index contributed by atoms with van der Waals surface area (Å²) in [7, 11) is 0. The Balaban J connectivity index is 1.58. The molecule has 2 N–H and O–H groups in total. The van der Waals surface area contributed by atoms with Gasteiger partial charge in [0.15, 0.2) is 5.82 Å². The summed E-state index contributed by atoms with van der Waals surface area (Å²) in [5.41, 5.74) is 2.00. The number of anilines is 2. The van der Waals surface area contributed by atoms with Gasteiger partial charge in [0, 0.05) is 13.0 Å². The van der Waals surface area contributed by atoms with Crippen LogP contribution in [0.5, 0.6) is 0 Å². The van der Waals surface area contributed by atoms with Crippen molar-refractivity contribution in [1.29, 1.82) is 0 Å². The van der Waals surface area contributed by atoms with Gasteiger partial charge in [0.1, 0.15) is 11.3 Å². The van der Waals surface area contributed by atoms with Crippen molar-refractivity contribution < 1.29 is 14.0 Å². The maximum absolute atomic E-state index is 14.1. The van der Waals surface area contributed by atoms with Crippen molar-refractivity contribution >= 4 is 45.0 Å². The number of H-pyrrole nitrogens is 1. The van der Waals surface area contributed by atoms with E-state index in [9.17, 15) is 14.0 Å². The fourth-order valence-corrected chi connectivity index (χ4v) is 3.18. The van der Waals surface area contributed by atoms with E-state index in [0.29, 0.717) is 10.6 Å². The van der Waals surface area contributed by atoms with Gasteiger partial charge in [-0.3, -0.25) is 19.6 Å². The molecule has 1 aliphatic heterocycles. The summed E-state index contributed by atoms with van der Waals surface area (Å²) in [6, 6.07) is 4.54. The molecule has 0 saturated carbocycles. The summed E-state index contributed by atoms with van der Waals surface area (Å²) in [5.74, 6) is -1.41. The molecule has 3 heterocycles. The molecular weight excluding hydrogens is 335 g/mol. The molecule has 0 bridgehead atoms. The monoisotopic (exact) mass is 346 g/mol. The van der Waals surface area contributed by atoms with E-state index in [1.54, 1.807) is 12.1 Å². The van der Waals surface area contributed by atoms with Crippen LogP contribution in [0, 0.1) is 11.7 Å². The van der Waals surface area contributed by atoms with Crippen LogP contribution in [-0.4, -0.2) is 38.8 Å². The summed E-state index contributed by atoms with van der Waals surface area (Å²) >= 11 is 1.19. The van der Waals surface area contributed by atoms with Crippen LogP contribution in [0.2, 0.25) is 0 Å². The van der Waals surface area contributed by atoms with Gasteiger partial charge in [-0.1, -0.05) is 17.4 Å². The average molecular weight is 346 g/mol. The Morgan fingerprint density at radius 1 is 1.46 bits per heavy atom. The van der Waals surface area contributed by atoms with E-state index < -0.39 is 11.7 Å². The van der Waals surface area contributed by atoms with Crippen LogP contribution < -0.4 is 10.2 Å². The first-order valence-electron chi connectivity index (χ1n) is 7.13. The quantitative estimate of drug-likeness (QED) is 0.749. The third kappa shape index (κ3) is 2.40. The van der Waals surface area contributed by atoms with Crippen molar-refractivity contribution in [2.24, 2.45) is 5.92 Å². The average Bonchev–Trinajstić information content (AvgIpc) is 3.27. The SMILES string of the molecule is O=C(Nc1nncs1)[C@H]1CC(=O)N(c2n[nH]c3cccc(F)c23)C1. The number of benzene rings is 1. The number of fused-ring (bicyclic) bond motifs is 1. The second kappa shape index (κ2) is 5.64. The number of aromatic nitrogens is 4. The van der Waals surface area contributed by atoms with Crippen molar-refractivity contribution in [2.75, 3.05) is 16.8 Å². The van der Waals surface area contributed by atoms with Crippen LogP contribution in [0.25, 0.3) is 10.9 Å². The van der Waals surface area contributed by atoms with Crippen molar-refractivity contribution in [2.45, 2.75) is 6.42 Å². The van der Waals surface area contributed by atoms with Gasteiger partial charge in [0.25, 0.3) is 0 Å². The van der Waals surface area contributed by atoms with Crippen LogP contribution in [0.1, 0.15) is 6.42 Å². The predicted molar refractivity (Wildman–Crippen MR) is 85.1 cm³/mol. The molecule has 1 aliphatic rings. The number of nitrogens with zero attached hydrogens (tertiary/aromatic N) is 4. The van der Waals surface area contributed by atoms with Crippen molar-refractivity contribution in [3.8, 4) is 0 Å². The highest BCUT2D eigenvalue weighted by Crippen LogP contribution is 2.31. The minimum Gasteiger partial charge on any atom is -0.300 e. The first kappa shape index (κ1) is 14.7. The van der Waals surface area contributed by atoms with Crippen LogP contribution in [0.15, 0.2) is 23.7 Å². The molecule has 2 aromatic heterocycles. The minimum absolute atomic E-state index is 0.0352. The van der Waals surface area contributed by atoms with Gasteiger partial charge in [-0.2, -0.15) is 5.10 Å². The smallest absolute Gasteiger partial charge is 0.231 e. The lowest BCUT2D eigenvalue weighted by Gasteiger charge is -2.14. The minimum atomic E-state index is -0.556. The Morgan fingerprint density at radius 3 is 3.12 bits per heavy atom. The third-order valence-corrected chi connectivity index (χ3v) is 4.47. The Labute approximate surface area is 138 Å². The van der Waals surface area contributed by atoms with Crippen molar-refractivity contribution in [1.82, 2.24) is 20.4 Å². The molecule has 10 heteroatoms. The maximum Gasteiger partial charge on any atom is 0.231 e. The van der Waals surface area contributed by atoms with E-state index in [-0.39, 0.29) is 36.0 Å². The number of rotatable bonds is 3. The Bertz CT molecular complexity index is 925. The van der Waals surface area contributed by atoms with E-state index >= 15 is 0 Å². The topological polar surface area (TPSA) is 104 Å². The zero-order chi connectivity index (χ0) is 16.7. The molecule has 122 valence electrons. The molecule has 0 radical (unpaired) electrons. The standard InChI is InChI=1S/C14H11FN6O2S/c15-8-2-1-3-9-11(8)12(19-18-9)21-5-7(4-10(21)22)13(23)17-14-20-16-6-24-14/h1-3,6-7H,4-5H2,(H,18,19)(H,17,20,23)/t7-/m0/s1. The van der Waals surface area contributed by atoms with E-state index in [1.807, 2.05) is 0 Å². The molecule has 1 fully saturated rings. The van der Waals surface area contributed by atoms with Crippen molar-refractivity contribution in [3.05, 3.63) is 29.5 Å². The Morgan fingerprint density at radius 2 is 2.33 bits per heavy atom. The highest BCUT2D eigenvalue weighted by atomic mass is 32.1. The van der Waals surface area contributed by atoms with Gasteiger partial charge in [0.05, 0.1) is 16.8 Å². The molecule has 2 amide bonds. The normalized spacial score (nSPS) is 17.6. The first-order chi connectivity index (χ1) is 11.6. The summed E-state index contributed by atoms with van der Waals surface area (Å²) in [4.78, 5) is 25.9. The molecule has 0 spiro atoms. The number of nitrogens with one attached hydrogen (secondary N) is 2. The molecular formula is C14H11FN6O2S. The summed E-state index contributed by atoms with van der Waals surface area (Å²) in [6.07, 6.45) is 0.0352.